The van der Waals surface area contributed by atoms with Gasteiger partial charge in [0.25, 0.3) is 5.91 Å². The van der Waals surface area contributed by atoms with E-state index in [-0.39, 0.29) is 5.91 Å². The molecule has 0 radical (unpaired) electrons. The number of carbonyl (C=O) groups excluding carboxylic acids is 1. The maximum Gasteiger partial charge on any atom is 0.279 e. The summed E-state index contributed by atoms with van der Waals surface area (Å²) in [5, 5.41) is 3.82. The summed E-state index contributed by atoms with van der Waals surface area (Å²) in [6.45, 7) is 5.89. The van der Waals surface area contributed by atoms with Crippen molar-refractivity contribution in [1.29, 1.82) is 0 Å². The van der Waals surface area contributed by atoms with Gasteiger partial charge in [-0.25, -0.2) is 0 Å². The molecule has 1 saturated heterocycles. The summed E-state index contributed by atoms with van der Waals surface area (Å²) in [6.07, 6.45) is 0. The molecule has 5 nitrogen and oxygen atoms in total. The molecule has 2 N–H and O–H groups in total. The van der Waals surface area contributed by atoms with E-state index in [1.807, 2.05) is 25.1 Å². The molecule has 1 aliphatic heterocycles. The quantitative estimate of drug-likeness (QED) is 0.799. The van der Waals surface area contributed by atoms with Gasteiger partial charge < -0.3 is 19.9 Å². The van der Waals surface area contributed by atoms with Crippen molar-refractivity contribution >= 4 is 40.5 Å². The normalized spacial score (nSPS) is 14.9. The number of aryl methyl sites for hydroxylation is 1. The average Bonchev–Trinajstić information content (AvgIpc) is 2.69. The number of carbonyl (C=O) groups is 1. The van der Waals surface area contributed by atoms with E-state index in [2.05, 4.69) is 22.3 Å². The van der Waals surface area contributed by atoms with Crippen LogP contribution in [0.2, 0.25) is 10.0 Å². The molecule has 0 aliphatic carbocycles. The van der Waals surface area contributed by atoms with Crippen molar-refractivity contribution in [2.45, 2.75) is 6.92 Å². The predicted molar refractivity (Wildman–Crippen MR) is 111 cm³/mol. The van der Waals surface area contributed by atoms with Gasteiger partial charge in [0.1, 0.15) is 5.75 Å². The van der Waals surface area contributed by atoms with Crippen molar-refractivity contribution in [3.05, 3.63) is 52.0 Å². The molecule has 1 amide bonds. The Bertz CT molecular complexity index is 804. The molecule has 0 spiro atoms. The summed E-state index contributed by atoms with van der Waals surface area (Å²) in [5.41, 5.74) is 2.56. The van der Waals surface area contributed by atoms with Gasteiger partial charge in [-0.3, -0.25) is 4.79 Å². The third-order valence-electron chi connectivity index (χ3n) is 4.87. The number of anilines is 2. The molecule has 2 aromatic rings. The van der Waals surface area contributed by atoms with Crippen molar-refractivity contribution in [3.8, 4) is 5.75 Å². The number of hydrogen-bond acceptors (Lipinski definition) is 3. The minimum atomic E-state index is -0.0719. The van der Waals surface area contributed by atoms with Crippen LogP contribution in [-0.4, -0.2) is 45.7 Å². The SMILES string of the molecule is COc1ccc(N2CC[NH+](CC(=O)Nc3c(Cl)ccc(C)c3Cl)CC2)cc1. The number of methoxy groups -OCH3 is 1. The average molecular weight is 409 g/mol. The van der Waals surface area contributed by atoms with E-state index >= 15 is 0 Å². The molecule has 2 aromatic carbocycles. The lowest BCUT2D eigenvalue weighted by Gasteiger charge is -2.33. The van der Waals surface area contributed by atoms with Gasteiger partial charge in [-0.1, -0.05) is 29.3 Å². The van der Waals surface area contributed by atoms with Crippen LogP contribution in [0.1, 0.15) is 5.56 Å². The molecule has 0 atom stereocenters. The summed E-state index contributed by atoms with van der Waals surface area (Å²) < 4.78 is 5.20. The molecule has 144 valence electrons. The second-order valence-electron chi connectivity index (χ2n) is 6.71. The van der Waals surface area contributed by atoms with Crippen LogP contribution in [0.25, 0.3) is 0 Å². The molecular weight excluding hydrogens is 385 g/mol. The zero-order valence-electron chi connectivity index (χ0n) is 15.5. The number of nitrogens with one attached hydrogen (secondary N) is 2. The second kappa shape index (κ2) is 8.83. The lowest BCUT2D eigenvalue weighted by Crippen LogP contribution is -3.15. The molecule has 0 aromatic heterocycles. The van der Waals surface area contributed by atoms with E-state index in [9.17, 15) is 4.79 Å². The number of piperazine rings is 1. The molecule has 1 aliphatic rings. The first kappa shape index (κ1) is 19.8. The number of ether oxygens (including phenoxy) is 1. The summed E-state index contributed by atoms with van der Waals surface area (Å²) >= 11 is 12.4. The van der Waals surface area contributed by atoms with Crippen molar-refractivity contribution in [2.24, 2.45) is 0 Å². The number of nitrogens with zero attached hydrogens (tertiary/aromatic N) is 1. The van der Waals surface area contributed by atoms with E-state index in [0.717, 1.165) is 37.5 Å². The fourth-order valence-corrected chi connectivity index (χ4v) is 3.70. The number of benzene rings is 2. The van der Waals surface area contributed by atoms with Crippen LogP contribution in [0.15, 0.2) is 36.4 Å². The summed E-state index contributed by atoms with van der Waals surface area (Å²) in [7, 11) is 1.67. The Kier molecular flexibility index (Phi) is 6.47. The first-order valence-electron chi connectivity index (χ1n) is 8.95. The summed E-state index contributed by atoms with van der Waals surface area (Å²) in [4.78, 5) is 16.0. The van der Waals surface area contributed by atoms with Gasteiger partial charge >= 0.3 is 0 Å². The van der Waals surface area contributed by atoms with Gasteiger partial charge in [-0.2, -0.15) is 0 Å². The predicted octanol–water partition coefficient (Wildman–Crippen LogP) is 2.65. The van der Waals surface area contributed by atoms with Gasteiger partial charge in [-0.15, -0.1) is 0 Å². The Labute approximate surface area is 169 Å². The lowest BCUT2D eigenvalue weighted by atomic mass is 10.2. The van der Waals surface area contributed by atoms with Gasteiger partial charge in [0.2, 0.25) is 0 Å². The molecular formula is C20H24Cl2N3O2+. The smallest absolute Gasteiger partial charge is 0.279 e. The van der Waals surface area contributed by atoms with Crippen molar-refractivity contribution in [1.82, 2.24) is 0 Å². The van der Waals surface area contributed by atoms with E-state index in [4.69, 9.17) is 27.9 Å². The Balaban J connectivity index is 1.53. The van der Waals surface area contributed by atoms with E-state index in [0.29, 0.717) is 22.3 Å². The maximum atomic E-state index is 12.4. The lowest BCUT2D eigenvalue weighted by molar-refractivity contribution is -0.892. The first-order chi connectivity index (χ1) is 13.0. The monoisotopic (exact) mass is 408 g/mol. The van der Waals surface area contributed by atoms with Gasteiger partial charge in [0.05, 0.1) is 49.0 Å². The molecule has 7 heteroatoms. The summed E-state index contributed by atoms with van der Waals surface area (Å²) in [5.74, 6) is 0.783. The number of hydrogen-bond donors (Lipinski definition) is 2. The van der Waals surface area contributed by atoms with E-state index < -0.39 is 0 Å². The molecule has 3 rings (SSSR count). The fourth-order valence-electron chi connectivity index (χ4n) is 3.23. The van der Waals surface area contributed by atoms with Crippen LogP contribution >= 0.6 is 23.2 Å². The van der Waals surface area contributed by atoms with Gasteiger partial charge in [0.15, 0.2) is 6.54 Å². The third kappa shape index (κ3) is 4.86. The topological polar surface area (TPSA) is 46.0 Å². The molecule has 0 unspecified atom stereocenters. The number of rotatable bonds is 5. The van der Waals surface area contributed by atoms with Crippen LogP contribution in [0.4, 0.5) is 11.4 Å². The van der Waals surface area contributed by atoms with Crippen molar-refractivity contribution in [2.75, 3.05) is 50.1 Å². The fraction of sp³-hybridized carbons (Fsp3) is 0.350. The minimum absolute atomic E-state index is 0.0719. The Morgan fingerprint density at radius 1 is 1.15 bits per heavy atom. The second-order valence-corrected chi connectivity index (χ2v) is 7.50. The number of halogens is 2. The zero-order chi connectivity index (χ0) is 19.4. The van der Waals surface area contributed by atoms with E-state index in [1.165, 1.54) is 10.6 Å². The van der Waals surface area contributed by atoms with Crippen molar-refractivity contribution in [3.63, 3.8) is 0 Å². The molecule has 0 saturated carbocycles. The third-order valence-corrected chi connectivity index (χ3v) is 5.67. The molecule has 1 fully saturated rings. The zero-order valence-corrected chi connectivity index (χ0v) is 17.0. The molecule has 1 heterocycles. The standard InChI is InChI=1S/C20H23Cl2N3O2/c1-14-3-8-17(21)20(19(14)22)23-18(26)13-24-9-11-25(12-10-24)15-4-6-16(27-2)7-5-15/h3-8H,9-13H2,1-2H3,(H,23,26)/p+1. The number of amides is 1. The summed E-state index contributed by atoms with van der Waals surface area (Å²) in [6, 6.07) is 11.7. The Hall–Kier alpha value is -1.95. The Morgan fingerprint density at radius 3 is 2.44 bits per heavy atom. The minimum Gasteiger partial charge on any atom is -0.497 e. The van der Waals surface area contributed by atoms with Crippen LogP contribution in [0.3, 0.4) is 0 Å². The Morgan fingerprint density at radius 2 is 1.81 bits per heavy atom. The molecule has 27 heavy (non-hydrogen) atoms. The van der Waals surface area contributed by atoms with Crippen LogP contribution in [0.5, 0.6) is 5.75 Å². The highest BCUT2D eigenvalue weighted by atomic mass is 35.5. The highest BCUT2D eigenvalue weighted by Gasteiger charge is 2.23. The highest BCUT2D eigenvalue weighted by Crippen LogP contribution is 2.32. The highest BCUT2D eigenvalue weighted by molar-refractivity contribution is 6.40. The van der Waals surface area contributed by atoms with Crippen LogP contribution < -0.4 is 19.9 Å². The van der Waals surface area contributed by atoms with Gasteiger partial charge in [0, 0.05) is 5.69 Å². The number of quaternary nitrogens is 1. The van der Waals surface area contributed by atoms with E-state index in [1.54, 1.807) is 13.2 Å². The van der Waals surface area contributed by atoms with Crippen molar-refractivity contribution < 1.29 is 14.4 Å². The maximum absolute atomic E-state index is 12.4. The largest absolute Gasteiger partial charge is 0.497 e. The first-order valence-corrected chi connectivity index (χ1v) is 9.70. The van der Waals surface area contributed by atoms with Crippen LogP contribution in [-0.2, 0) is 4.79 Å². The molecule has 0 bridgehead atoms. The van der Waals surface area contributed by atoms with Crippen LogP contribution in [0, 0.1) is 6.92 Å². The van der Waals surface area contributed by atoms with Gasteiger partial charge in [-0.05, 0) is 42.8 Å².